The van der Waals surface area contributed by atoms with Crippen LogP contribution in [-0.4, -0.2) is 15.0 Å². The molecular weight excluding hydrogens is 302 g/mol. The molecule has 0 fully saturated rings. The van der Waals surface area contributed by atoms with Crippen LogP contribution < -0.4 is 0 Å². The Morgan fingerprint density at radius 3 is 2.17 bits per heavy atom. The van der Waals surface area contributed by atoms with Gasteiger partial charge in [-0.1, -0.05) is 77.6 Å². The van der Waals surface area contributed by atoms with Gasteiger partial charge in [-0.05, 0) is 29.8 Å². The first-order valence-electron chi connectivity index (χ1n) is 7.48. The Kier molecular flexibility index (Phi) is 3.82. The second kappa shape index (κ2) is 6.26. The fraction of sp³-hybridized carbons (Fsp3) is 0.0526. The lowest BCUT2D eigenvalue weighted by Gasteiger charge is -2.18. The predicted octanol–water partition coefficient (Wildman–Crippen LogP) is 4.77. The molecule has 0 saturated carbocycles. The molecule has 1 aromatic heterocycles. The molecule has 112 valence electrons. The third-order valence-corrected chi connectivity index (χ3v) is 4.91. The molecule has 3 nitrogen and oxygen atoms in total. The highest BCUT2D eigenvalue weighted by Crippen LogP contribution is 2.37. The molecule has 0 bridgehead atoms. The van der Waals surface area contributed by atoms with E-state index in [1.54, 1.807) is 11.8 Å². The van der Waals surface area contributed by atoms with Crippen LogP contribution in [0.4, 0.5) is 0 Å². The Hall–Kier alpha value is -2.59. The summed E-state index contributed by atoms with van der Waals surface area (Å²) >= 11 is 1.77. The van der Waals surface area contributed by atoms with Crippen molar-refractivity contribution in [2.75, 3.05) is 0 Å². The fourth-order valence-corrected chi connectivity index (χ4v) is 3.69. The number of benzene rings is 3. The van der Waals surface area contributed by atoms with E-state index in [1.165, 1.54) is 10.5 Å². The lowest BCUT2D eigenvalue weighted by atomic mass is 10.2. The average molecular weight is 317 g/mol. The lowest BCUT2D eigenvalue weighted by molar-refractivity contribution is 0.655. The van der Waals surface area contributed by atoms with Crippen molar-refractivity contribution in [2.45, 2.75) is 10.3 Å². The van der Waals surface area contributed by atoms with Gasteiger partial charge in [-0.15, -0.1) is 5.10 Å². The highest BCUT2D eigenvalue weighted by atomic mass is 32.2. The minimum absolute atomic E-state index is 0.0472. The summed E-state index contributed by atoms with van der Waals surface area (Å²) in [6, 6.07) is 28.9. The number of aromatic nitrogens is 3. The molecule has 4 heteroatoms. The second-order valence-electron chi connectivity index (χ2n) is 5.22. The molecule has 4 aromatic rings. The Balaban J connectivity index is 1.82. The second-order valence-corrected chi connectivity index (χ2v) is 6.37. The van der Waals surface area contributed by atoms with Crippen molar-refractivity contribution >= 4 is 22.8 Å². The molecule has 0 saturated heterocycles. The fourth-order valence-electron chi connectivity index (χ4n) is 2.57. The molecule has 0 radical (unpaired) electrons. The van der Waals surface area contributed by atoms with Crippen LogP contribution in [0.5, 0.6) is 0 Å². The number of nitrogens with zero attached hydrogens (tertiary/aromatic N) is 3. The van der Waals surface area contributed by atoms with Crippen molar-refractivity contribution in [1.82, 2.24) is 15.0 Å². The summed E-state index contributed by atoms with van der Waals surface area (Å²) in [5.74, 6) is 0. The number of para-hydroxylation sites is 1. The maximum absolute atomic E-state index is 4.41. The van der Waals surface area contributed by atoms with Crippen LogP contribution in [0, 0.1) is 0 Å². The molecule has 0 amide bonds. The predicted molar refractivity (Wildman–Crippen MR) is 94.4 cm³/mol. The van der Waals surface area contributed by atoms with Crippen molar-refractivity contribution in [3.63, 3.8) is 0 Å². The largest absolute Gasteiger partial charge is 0.227 e. The van der Waals surface area contributed by atoms with Gasteiger partial charge in [-0.25, -0.2) is 4.68 Å². The SMILES string of the molecule is c1ccc(SC(c2ccccc2)n2nnc3ccccc32)cc1. The van der Waals surface area contributed by atoms with E-state index < -0.39 is 0 Å². The van der Waals surface area contributed by atoms with Gasteiger partial charge in [0, 0.05) is 4.90 Å². The minimum Gasteiger partial charge on any atom is -0.227 e. The molecule has 4 rings (SSSR count). The van der Waals surface area contributed by atoms with Gasteiger partial charge in [0.05, 0.1) is 5.52 Å². The molecular formula is C19H15N3S. The zero-order valence-electron chi connectivity index (χ0n) is 12.4. The van der Waals surface area contributed by atoms with Crippen LogP contribution in [0.25, 0.3) is 11.0 Å². The summed E-state index contributed by atoms with van der Waals surface area (Å²) in [5, 5.41) is 8.77. The van der Waals surface area contributed by atoms with E-state index in [1.807, 2.05) is 35.0 Å². The molecule has 0 aliphatic carbocycles. The first-order valence-corrected chi connectivity index (χ1v) is 8.36. The average Bonchev–Trinajstić information content (AvgIpc) is 3.05. The van der Waals surface area contributed by atoms with E-state index in [9.17, 15) is 0 Å². The first kappa shape index (κ1) is 14.0. The summed E-state index contributed by atoms with van der Waals surface area (Å²) in [4.78, 5) is 1.21. The molecule has 1 atom stereocenters. The highest BCUT2D eigenvalue weighted by molar-refractivity contribution is 7.99. The minimum atomic E-state index is 0.0472. The van der Waals surface area contributed by atoms with E-state index in [0.717, 1.165) is 11.0 Å². The monoisotopic (exact) mass is 317 g/mol. The van der Waals surface area contributed by atoms with Gasteiger partial charge < -0.3 is 0 Å². The number of rotatable bonds is 4. The molecule has 23 heavy (non-hydrogen) atoms. The van der Waals surface area contributed by atoms with Crippen molar-refractivity contribution in [1.29, 1.82) is 0 Å². The molecule has 3 aromatic carbocycles. The van der Waals surface area contributed by atoms with Gasteiger partial charge in [0.1, 0.15) is 10.9 Å². The smallest absolute Gasteiger partial charge is 0.129 e. The van der Waals surface area contributed by atoms with Gasteiger partial charge in [0.25, 0.3) is 0 Å². The van der Waals surface area contributed by atoms with Gasteiger partial charge >= 0.3 is 0 Å². The zero-order chi connectivity index (χ0) is 15.5. The van der Waals surface area contributed by atoms with E-state index in [0.29, 0.717) is 0 Å². The van der Waals surface area contributed by atoms with Gasteiger partial charge in [0.2, 0.25) is 0 Å². The Morgan fingerprint density at radius 2 is 1.39 bits per heavy atom. The molecule has 0 N–H and O–H groups in total. The molecule has 0 aliphatic rings. The standard InChI is InChI=1S/C19H15N3S/c1-3-9-15(10-4-1)19(23-16-11-5-2-6-12-16)22-18-14-8-7-13-17(18)20-21-22/h1-14,19H. The maximum atomic E-state index is 4.41. The van der Waals surface area contributed by atoms with Crippen LogP contribution in [0.15, 0.2) is 89.8 Å². The van der Waals surface area contributed by atoms with Crippen molar-refractivity contribution < 1.29 is 0 Å². The number of hydrogen-bond donors (Lipinski definition) is 0. The van der Waals surface area contributed by atoms with E-state index in [-0.39, 0.29) is 5.37 Å². The van der Waals surface area contributed by atoms with Crippen LogP contribution >= 0.6 is 11.8 Å². The third kappa shape index (κ3) is 2.85. The van der Waals surface area contributed by atoms with Crippen molar-refractivity contribution in [3.8, 4) is 0 Å². The third-order valence-electron chi connectivity index (χ3n) is 3.68. The van der Waals surface area contributed by atoms with Crippen LogP contribution in [0.1, 0.15) is 10.9 Å². The highest BCUT2D eigenvalue weighted by Gasteiger charge is 2.19. The van der Waals surface area contributed by atoms with Crippen molar-refractivity contribution in [2.24, 2.45) is 0 Å². The van der Waals surface area contributed by atoms with Gasteiger partial charge in [0.15, 0.2) is 0 Å². The summed E-state index contributed by atoms with van der Waals surface area (Å²) in [5.41, 5.74) is 3.17. The van der Waals surface area contributed by atoms with Crippen LogP contribution in [0.2, 0.25) is 0 Å². The number of fused-ring (bicyclic) bond motifs is 1. The Morgan fingerprint density at radius 1 is 0.739 bits per heavy atom. The Labute approximate surface area is 139 Å². The van der Waals surface area contributed by atoms with Crippen LogP contribution in [-0.2, 0) is 0 Å². The molecule has 1 heterocycles. The van der Waals surface area contributed by atoms with Crippen LogP contribution in [0.3, 0.4) is 0 Å². The zero-order valence-corrected chi connectivity index (χ0v) is 13.2. The molecule has 0 spiro atoms. The summed E-state index contributed by atoms with van der Waals surface area (Å²) in [6.45, 7) is 0. The first-order chi connectivity index (χ1) is 11.4. The Bertz CT molecular complexity index is 903. The topological polar surface area (TPSA) is 30.7 Å². The lowest BCUT2D eigenvalue weighted by Crippen LogP contribution is -2.09. The number of hydrogen-bond acceptors (Lipinski definition) is 3. The molecule has 0 aliphatic heterocycles. The van der Waals surface area contributed by atoms with Gasteiger partial charge in [-0.3, -0.25) is 0 Å². The van der Waals surface area contributed by atoms with Gasteiger partial charge in [-0.2, -0.15) is 0 Å². The van der Waals surface area contributed by atoms with E-state index in [4.69, 9.17) is 0 Å². The van der Waals surface area contributed by atoms with E-state index >= 15 is 0 Å². The number of thioether (sulfide) groups is 1. The summed E-state index contributed by atoms with van der Waals surface area (Å²) in [7, 11) is 0. The van der Waals surface area contributed by atoms with E-state index in [2.05, 4.69) is 64.9 Å². The summed E-state index contributed by atoms with van der Waals surface area (Å²) < 4.78 is 2.00. The quantitative estimate of drug-likeness (QED) is 0.508. The normalized spacial score (nSPS) is 12.3. The molecule has 1 unspecified atom stereocenters. The van der Waals surface area contributed by atoms with Crippen molar-refractivity contribution in [3.05, 3.63) is 90.5 Å². The maximum Gasteiger partial charge on any atom is 0.129 e. The summed E-state index contributed by atoms with van der Waals surface area (Å²) in [6.07, 6.45) is 0.